The molecule has 5 nitrogen and oxygen atoms in total. The molecule has 0 atom stereocenters. The molecule has 0 saturated heterocycles. The molecule has 0 aliphatic heterocycles. The van der Waals surface area contributed by atoms with E-state index in [4.69, 9.17) is 10.3 Å². The molecule has 1 aromatic heterocycles. The van der Waals surface area contributed by atoms with Gasteiger partial charge >= 0.3 is 11.7 Å². The van der Waals surface area contributed by atoms with Crippen LogP contribution in [0.4, 0.5) is 0 Å². The topological polar surface area (TPSA) is 75.6 Å². The average molecular weight is 281 g/mol. The highest BCUT2D eigenvalue weighted by Crippen LogP contribution is 2.22. The van der Waals surface area contributed by atoms with E-state index >= 15 is 0 Å². The summed E-state index contributed by atoms with van der Waals surface area (Å²) in [6.45, 7) is 3.79. The van der Waals surface area contributed by atoms with Gasteiger partial charge in [0.2, 0.25) is 0 Å². The van der Waals surface area contributed by atoms with Gasteiger partial charge in [-0.1, -0.05) is 24.3 Å². The minimum Gasteiger partial charge on any atom is -0.457 e. The molecular formula is C16H15N3O2. The summed E-state index contributed by atoms with van der Waals surface area (Å²) in [4.78, 5) is 19.4. The highest BCUT2D eigenvalue weighted by Gasteiger charge is 2.27. The lowest BCUT2D eigenvalue weighted by atomic mass is 10.00. The van der Waals surface area contributed by atoms with E-state index in [0.29, 0.717) is 16.8 Å². The second-order valence-electron chi connectivity index (χ2n) is 4.38. The Bertz CT molecular complexity index is 719. The third-order valence-electron chi connectivity index (χ3n) is 2.92. The molecule has 0 aliphatic rings. The molecule has 21 heavy (non-hydrogen) atoms. The number of nitrogens with zero attached hydrogens (tertiary/aromatic N) is 3. The zero-order valence-electron chi connectivity index (χ0n) is 11.9. The zero-order chi connectivity index (χ0) is 15.2. The van der Waals surface area contributed by atoms with Gasteiger partial charge in [0.05, 0.1) is 17.9 Å². The number of hydrogen-bond acceptors (Lipinski definition) is 3. The summed E-state index contributed by atoms with van der Waals surface area (Å²) in [5.41, 5.74) is 11.8. The van der Waals surface area contributed by atoms with Gasteiger partial charge in [-0.15, -0.1) is 0 Å². The number of esters is 1. The molecule has 1 aromatic carbocycles. The predicted octanol–water partition coefficient (Wildman–Crippen LogP) is 2.64. The molecule has 0 bridgehead atoms. The Labute approximate surface area is 122 Å². The van der Waals surface area contributed by atoms with Gasteiger partial charge in [-0.25, -0.2) is 4.79 Å². The number of aromatic nitrogens is 1. The van der Waals surface area contributed by atoms with Crippen molar-refractivity contribution >= 4 is 11.7 Å². The Balaban J connectivity index is 2.56. The molecule has 106 valence electrons. The van der Waals surface area contributed by atoms with E-state index in [1.54, 1.807) is 19.1 Å². The van der Waals surface area contributed by atoms with Gasteiger partial charge in [0, 0.05) is 11.3 Å². The molecule has 0 amide bonds. The molecule has 0 saturated carbocycles. The summed E-state index contributed by atoms with van der Waals surface area (Å²) in [6, 6.07) is 12.7. The second-order valence-corrected chi connectivity index (χ2v) is 4.38. The number of rotatable bonds is 4. The molecule has 5 heteroatoms. The van der Waals surface area contributed by atoms with Gasteiger partial charge in [-0.3, -0.25) is 4.98 Å². The number of ether oxygens (including phenoxy) is 1. The van der Waals surface area contributed by atoms with Crippen molar-refractivity contribution in [2.24, 2.45) is 0 Å². The van der Waals surface area contributed by atoms with E-state index in [0.717, 1.165) is 5.69 Å². The fourth-order valence-electron chi connectivity index (χ4n) is 2.01. The summed E-state index contributed by atoms with van der Waals surface area (Å²) < 4.78 is 4.91. The maximum atomic E-state index is 11.9. The summed E-state index contributed by atoms with van der Waals surface area (Å²) in [5, 5.41) is 0. The fourth-order valence-corrected chi connectivity index (χ4v) is 2.01. The lowest BCUT2D eigenvalue weighted by Crippen LogP contribution is -2.20. The van der Waals surface area contributed by atoms with Gasteiger partial charge < -0.3 is 10.3 Å². The maximum absolute atomic E-state index is 11.9. The van der Waals surface area contributed by atoms with Crippen LogP contribution < -0.4 is 0 Å². The average Bonchev–Trinajstić information content (AvgIpc) is 2.49. The van der Waals surface area contributed by atoms with Gasteiger partial charge in [0.15, 0.2) is 0 Å². The molecule has 0 N–H and O–H groups in total. The van der Waals surface area contributed by atoms with Crippen LogP contribution in [0, 0.1) is 6.92 Å². The summed E-state index contributed by atoms with van der Waals surface area (Å²) >= 11 is 0. The third-order valence-corrected chi connectivity index (χ3v) is 2.92. The van der Waals surface area contributed by atoms with Crippen LogP contribution in [0.15, 0.2) is 42.5 Å². The Morgan fingerprint density at radius 2 is 2.00 bits per heavy atom. The monoisotopic (exact) mass is 281 g/mol. The molecular weight excluding hydrogens is 266 g/mol. The maximum Gasteiger partial charge on any atom is 0.422 e. The number of carbonyl (C=O) groups excluding carboxylic acids is 1. The van der Waals surface area contributed by atoms with E-state index in [2.05, 4.69) is 9.77 Å². The Morgan fingerprint density at radius 3 is 2.67 bits per heavy atom. The molecule has 0 aliphatic carbocycles. The number of benzene rings is 1. The quantitative estimate of drug-likeness (QED) is 0.374. The number of hydrogen-bond donors (Lipinski definition) is 0. The standard InChI is InChI=1S/C16H15N3O2/c1-3-21-16(20)15(19-17)13-9-5-4-8-12(13)14-10-6-7-11(2)18-14/h4-10H,3H2,1-2H3. The van der Waals surface area contributed by atoms with Crippen LogP contribution in [-0.2, 0) is 9.53 Å². The largest absolute Gasteiger partial charge is 0.457 e. The first-order chi connectivity index (χ1) is 10.2. The van der Waals surface area contributed by atoms with E-state index < -0.39 is 5.97 Å². The van der Waals surface area contributed by atoms with Crippen molar-refractivity contribution in [3.63, 3.8) is 0 Å². The normalized spacial score (nSPS) is 9.81. The molecule has 1 heterocycles. The second kappa shape index (κ2) is 6.59. The molecule has 0 fully saturated rings. The molecule has 0 radical (unpaired) electrons. The van der Waals surface area contributed by atoms with Crippen LogP contribution in [0.2, 0.25) is 0 Å². The van der Waals surface area contributed by atoms with Gasteiger partial charge in [-0.05, 0) is 32.0 Å². The van der Waals surface area contributed by atoms with Crippen molar-refractivity contribution in [3.8, 4) is 11.3 Å². The fraction of sp³-hybridized carbons (Fsp3) is 0.188. The van der Waals surface area contributed by atoms with Gasteiger partial charge in [0.25, 0.3) is 0 Å². The molecule has 2 aromatic rings. The van der Waals surface area contributed by atoms with Crippen molar-refractivity contribution in [2.45, 2.75) is 13.8 Å². The number of carbonyl (C=O) groups is 1. The van der Waals surface area contributed by atoms with E-state index in [9.17, 15) is 4.79 Å². The summed E-state index contributed by atoms with van der Waals surface area (Å²) in [7, 11) is 0. The summed E-state index contributed by atoms with van der Waals surface area (Å²) in [5.74, 6) is -0.667. The van der Waals surface area contributed by atoms with Crippen molar-refractivity contribution in [2.75, 3.05) is 6.61 Å². The van der Waals surface area contributed by atoms with Crippen LogP contribution in [-0.4, -0.2) is 28.1 Å². The molecule has 2 rings (SSSR count). The lowest BCUT2D eigenvalue weighted by molar-refractivity contribution is -0.139. The Kier molecular flexibility index (Phi) is 4.59. The number of aryl methyl sites for hydroxylation is 1. The molecule has 0 unspecified atom stereocenters. The first-order valence-corrected chi connectivity index (χ1v) is 6.60. The zero-order valence-corrected chi connectivity index (χ0v) is 11.9. The Morgan fingerprint density at radius 1 is 1.24 bits per heavy atom. The first-order valence-electron chi connectivity index (χ1n) is 6.60. The van der Waals surface area contributed by atoms with Crippen LogP contribution in [0.5, 0.6) is 0 Å². The van der Waals surface area contributed by atoms with E-state index in [1.165, 1.54) is 0 Å². The minimum atomic E-state index is -0.667. The van der Waals surface area contributed by atoms with Gasteiger partial charge in [0.1, 0.15) is 0 Å². The number of pyridine rings is 1. The highest BCUT2D eigenvalue weighted by molar-refractivity contribution is 6.42. The molecule has 0 spiro atoms. The van der Waals surface area contributed by atoms with Crippen LogP contribution >= 0.6 is 0 Å². The van der Waals surface area contributed by atoms with Crippen LogP contribution in [0.3, 0.4) is 0 Å². The smallest absolute Gasteiger partial charge is 0.422 e. The van der Waals surface area contributed by atoms with E-state index in [-0.39, 0.29) is 12.3 Å². The SMILES string of the molecule is CCOC(=O)C(=[N+]=[N-])c1ccccc1-c1cccc(C)n1. The highest BCUT2D eigenvalue weighted by atomic mass is 16.5. The van der Waals surface area contributed by atoms with Crippen molar-refractivity contribution < 1.29 is 14.3 Å². The van der Waals surface area contributed by atoms with E-state index in [1.807, 2.05) is 37.3 Å². The third kappa shape index (κ3) is 3.22. The van der Waals surface area contributed by atoms with Crippen molar-refractivity contribution in [1.82, 2.24) is 4.98 Å². The van der Waals surface area contributed by atoms with Crippen molar-refractivity contribution in [1.29, 1.82) is 0 Å². The predicted molar refractivity (Wildman–Crippen MR) is 78.8 cm³/mol. The first kappa shape index (κ1) is 14.6. The van der Waals surface area contributed by atoms with Crippen molar-refractivity contribution in [3.05, 3.63) is 59.3 Å². The lowest BCUT2D eigenvalue weighted by Gasteiger charge is -2.06. The van der Waals surface area contributed by atoms with Crippen LogP contribution in [0.1, 0.15) is 18.2 Å². The van der Waals surface area contributed by atoms with Gasteiger partial charge in [-0.2, -0.15) is 4.79 Å². The minimum absolute atomic E-state index is 0.129. The summed E-state index contributed by atoms with van der Waals surface area (Å²) in [6.07, 6.45) is 0. The Hall–Kier alpha value is -2.78. The van der Waals surface area contributed by atoms with Crippen LogP contribution in [0.25, 0.3) is 16.8 Å².